The fourth-order valence-corrected chi connectivity index (χ4v) is 2.68. The lowest BCUT2D eigenvalue weighted by atomic mass is 10.1. The summed E-state index contributed by atoms with van der Waals surface area (Å²) in [5.41, 5.74) is 0.889. The van der Waals surface area contributed by atoms with Crippen molar-refractivity contribution in [2.75, 3.05) is 13.1 Å². The number of rotatable bonds is 8. The third-order valence-corrected chi connectivity index (χ3v) is 4.36. The van der Waals surface area contributed by atoms with Gasteiger partial charge in [0.1, 0.15) is 0 Å². The lowest BCUT2D eigenvalue weighted by Crippen LogP contribution is -2.37. The topological polar surface area (TPSA) is 110 Å². The van der Waals surface area contributed by atoms with Crippen LogP contribution in [0.25, 0.3) is 0 Å². The average molecular weight is 355 g/mol. The van der Waals surface area contributed by atoms with E-state index in [1.54, 1.807) is 17.0 Å². The Morgan fingerprint density at radius 3 is 2.21 bits per heavy atom. The molecule has 1 rings (SSSR count). The van der Waals surface area contributed by atoms with Gasteiger partial charge in [0.25, 0.3) is 0 Å². The lowest BCUT2D eigenvalue weighted by Gasteiger charge is -2.21. The summed E-state index contributed by atoms with van der Waals surface area (Å²) in [5, 5.41) is 7.84. The number of nitrogens with two attached hydrogens (primary N) is 1. The molecule has 0 unspecified atom stereocenters. The number of carbonyl (C=O) groups is 2. The van der Waals surface area contributed by atoms with Crippen molar-refractivity contribution in [3.05, 3.63) is 29.8 Å². The van der Waals surface area contributed by atoms with Crippen LogP contribution in [-0.4, -0.2) is 44.3 Å². The van der Waals surface area contributed by atoms with E-state index in [0.717, 1.165) is 5.56 Å². The van der Waals surface area contributed by atoms with E-state index in [1.165, 1.54) is 19.1 Å². The van der Waals surface area contributed by atoms with E-state index in [9.17, 15) is 18.0 Å². The number of sulfonamides is 1. The molecule has 2 amide bonds. The maximum atomic E-state index is 11.7. The molecular formula is C16H25N3O4S. The summed E-state index contributed by atoms with van der Waals surface area (Å²) in [4.78, 5) is 25.0. The van der Waals surface area contributed by atoms with Crippen LogP contribution in [0.3, 0.4) is 0 Å². The zero-order chi connectivity index (χ0) is 18.3. The first kappa shape index (κ1) is 20.1. The van der Waals surface area contributed by atoms with Gasteiger partial charge in [0, 0.05) is 32.5 Å². The van der Waals surface area contributed by atoms with Gasteiger partial charge in [0.05, 0.1) is 4.90 Å². The van der Waals surface area contributed by atoms with Crippen molar-refractivity contribution < 1.29 is 18.0 Å². The molecule has 0 saturated carbocycles. The van der Waals surface area contributed by atoms with Gasteiger partial charge in [-0.25, -0.2) is 13.6 Å². The van der Waals surface area contributed by atoms with Gasteiger partial charge in [-0.1, -0.05) is 12.1 Å². The van der Waals surface area contributed by atoms with E-state index in [0.29, 0.717) is 19.5 Å². The fourth-order valence-electron chi connectivity index (χ4n) is 2.17. The van der Waals surface area contributed by atoms with Crippen LogP contribution >= 0.6 is 0 Å². The Morgan fingerprint density at radius 2 is 1.75 bits per heavy atom. The van der Waals surface area contributed by atoms with E-state index >= 15 is 0 Å². The van der Waals surface area contributed by atoms with Crippen molar-refractivity contribution >= 4 is 21.8 Å². The molecule has 24 heavy (non-hydrogen) atoms. The normalized spacial score (nSPS) is 11.4. The van der Waals surface area contributed by atoms with Crippen molar-refractivity contribution in [3.8, 4) is 0 Å². The minimum Gasteiger partial charge on any atom is -0.354 e. The van der Waals surface area contributed by atoms with Crippen LogP contribution in [-0.2, 0) is 26.0 Å². The highest BCUT2D eigenvalue weighted by Crippen LogP contribution is 2.10. The van der Waals surface area contributed by atoms with Crippen LogP contribution in [0.2, 0.25) is 0 Å². The Bertz CT molecular complexity index is 669. The van der Waals surface area contributed by atoms with Gasteiger partial charge < -0.3 is 10.2 Å². The predicted octanol–water partition coefficient (Wildman–Crippen LogP) is 0.640. The van der Waals surface area contributed by atoms with Gasteiger partial charge >= 0.3 is 0 Å². The second kappa shape index (κ2) is 8.79. The molecule has 1 aromatic rings. The molecule has 0 spiro atoms. The Morgan fingerprint density at radius 1 is 1.17 bits per heavy atom. The summed E-state index contributed by atoms with van der Waals surface area (Å²) >= 11 is 0. The number of benzene rings is 1. The van der Waals surface area contributed by atoms with Crippen LogP contribution in [0.15, 0.2) is 29.2 Å². The zero-order valence-corrected chi connectivity index (χ0v) is 15.1. The maximum Gasteiger partial charge on any atom is 0.238 e. The third kappa shape index (κ3) is 7.10. The summed E-state index contributed by atoms with van der Waals surface area (Å²) in [6, 6.07) is 6.30. The van der Waals surface area contributed by atoms with Crippen LogP contribution in [0.5, 0.6) is 0 Å². The Kier molecular flexibility index (Phi) is 7.37. The summed E-state index contributed by atoms with van der Waals surface area (Å²) < 4.78 is 22.4. The van der Waals surface area contributed by atoms with Gasteiger partial charge in [0.15, 0.2) is 0 Å². The number of nitrogens with zero attached hydrogens (tertiary/aromatic N) is 1. The Balaban J connectivity index is 2.57. The molecule has 8 heteroatoms. The zero-order valence-electron chi connectivity index (χ0n) is 14.3. The predicted molar refractivity (Wildman–Crippen MR) is 91.7 cm³/mol. The van der Waals surface area contributed by atoms with Crippen LogP contribution < -0.4 is 10.5 Å². The standard InChI is InChI=1S/C16H25N3O4S/c1-12(2)18-16(21)9-11-19(13(3)20)10-8-14-4-6-15(7-5-14)24(17,22)23/h4-7,12H,8-11H2,1-3H3,(H,18,21)(H2,17,22,23). The monoisotopic (exact) mass is 355 g/mol. The van der Waals surface area contributed by atoms with E-state index in [4.69, 9.17) is 5.14 Å². The molecule has 0 heterocycles. The summed E-state index contributed by atoms with van der Waals surface area (Å²) in [5.74, 6) is -0.192. The fraction of sp³-hybridized carbons (Fsp3) is 0.500. The molecule has 0 radical (unpaired) electrons. The minimum absolute atomic E-state index is 0.0556. The summed E-state index contributed by atoms with van der Waals surface area (Å²) in [7, 11) is -3.70. The van der Waals surface area contributed by atoms with Gasteiger partial charge in [-0.05, 0) is 38.0 Å². The van der Waals surface area contributed by atoms with Crippen LogP contribution in [0, 0.1) is 0 Å². The molecule has 0 aliphatic heterocycles. The number of hydrogen-bond acceptors (Lipinski definition) is 4. The first-order valence-electron chi connectivity index (χ1n) is 7.76. The van der Waals surface area contributed by atoms with Crippen LogP contribution in [0.1, 0.15) is 32.8 Å². The summed E-state index contributed by atoms with van der Waals surface area (Å²) in [6.45, 7) is 6.03. The molecule has 0 fully saturated rings. The highest BCUT2D eigenvalue weighted by molar-refractivity contribution is 7.89. The summed E-state index contributed by atoms with van der Waals surface area (Å²) in [6.07, 6.45) is 0.818. The molecule has 0 aromatic heterocycles. The first-order chi connectivity index (χ1) is 11.1. The number of hydrogen-bond donors (Lipinski definition) is 2. The minimum atomic E-state index is -3.70. The molecule has 0 aliphatic carbocycles. The van der Waals surface area contributed by atoms with Gasteiger partial charge in [-0.15, -0.1) is 0 Å². The third-order valence-electron chi connectivity index (χ3n) is 3.43. The van der Waals surface area contributed by atoms with Gasteiger partial charge in [0.2, 0.25) is 21.8 Å². The van der Waals surface area contributed by atoms with Gasteiger partial charge in [-0.2, -0.15) is 0 Å². The molecular weight excluding hydrogens is 330 g/mol. The molecule has 3 N–H and O–H groups in total. The largest absolute Gasteiger partial charge is 0.354 e. The molecule has 1 aromatic carbocycles. The number of amides is 2. The second-order valence-electron chi connectivity index (χ2n) is 5.92. The molecule has 134 valence electrons. The quantitative estimate of drug-likeness (QED) is 0.713. The lowest BCUT2D eigenvalue weighted by molar-refractivity contribution is -0.129. The van der Waals surface area contributed by atoms with E-state index in [1.807, 2.05) is 13.8 Å². The average Bonchev–Trinajstić information content (AvgIpc) is 2.45. The number of primary sulfonamides is 1. The van der Waals surface area contributed by atoms with E-state index in [-0.39, 0.29) is 29.2 Å². The SMILES string of the molecule is CC(=O)N(CCC(=O)NC(C)C)CCc1ccc(S(N)(=O)=O)cc1. The second-order valence-corrected chi connectivity index (χ2v) is 7.48. The molecule has 0 aliphatic rings. The molecule has 0 atom stereocenters. The molecule has 0 bridgehead atoms. The van der Waals surface area contributed by atoms with Crippen molar-refractivity contribution in [3.63, 3.8) is 0 Å². The number of nitrogens with one attached hydrogen (secondary N) is 1. The Hall–Kier alpha value is -1.93. The molecule has 0 saturated heterocycles. The molecule has 7 nitrogen and oxygen atoms in total. The highest BCUT2D eigenvalue weighted by atomic mass is 32.2. The van der Waals surface area contributed by atoms with Crippen molar-refractivity contribution in [2.24, 2.45) is 5.14 Å². The van der Waals surface area contributed by atoms with Crippen molar-refractivity contribution in [2.45, 2.75) is 44.6 Å². The number of carbonyl (C=O) groups excluding carboxylic acids is 2. The van der Waals surface area contributed by atoms with E-state index < -0.39 is 10.0 Å². The first-order valence-corrected chi connectivity index (χ1v) is 9.31. The maximum absolute atomic E-state index is 11.7. The highest BCUT2D eigenvalue weighted by Gasteiger charge is 2.12. The van der Waals surface area contributed by atoms with Crippen molar-refractivity contribution in [1.82, 2.24) is 10.2 Å². The van der Waals surface area contributed by atoms with Crippen molar-refractivity contribution in [1.29, 1.82) is 0 Å². The van der Waals surface area contributed by atoms with Crippen LogP contribution in [0.4, 0.5) is 0 Å². The smallest absolute Gasteiger partial charge is 0.238 e. The van der Waals surface area contributed by atoms with E-state index in [2.05, 4.69) is 5.32 Å². The Labute approximate surface area is 143 Å². The van der Waals surface area contributed by atoms with Gasteiger partial charge in [-0.3, -0.25) is 9.59 Å².